The fourth-order valence-corrected chi connectivity index (χ4v) is 1.34. The molecule has 0 saturated heterocycles. The molecule has 0 aliphatic heterocycles. The molecule has 4 N–H and O–H groups in total. The first kappa shape index (κ1) is 12.4. The van der Waals surface area contributed by atoms with Crippen LogP contribution in [0, 0.1) is 5.41 Å². The van der Waals surface area contributed by atoms with Crippen LogP contribution >= 0.6 is 0 Å². The van der Waals surface area contributed by atoms with Crippen molar-refractivity contribution in [3.63, 3.8) is 0 Å². The molecule has 0 bridgehead atoms. The molecule has 0 amide bonds. The Morgan fingerprint density at radius 2 is 1.92 bits per heavy atom. The lowest BCUT2D eigenvalue weighted by molar-refractivity contribution is 0.546. The van der Waals surface area contributed by atoms with Gasteiger partial charge in [0.25, 0.3) is 0 Å². The summed E-state index contributed by atoms with van der Waals surface area (Å²) in [6.45, 7) is 5.03. The molecule has 0 spiro atoms. The fourth-order valence-electron chi connectivity index (χ4n) is 0.537. The van der Waals surface area contributed by atoms with Gasteiger partial charge in [-0.3, -0.25) is 5.41 Å². The van der Waals surface area contributed by atoms with Crippen molar-refractivity contribution >= 4 is 15.9 Å². The van der Waals surface area contributed by atoms with Gasteiger partial charge in [-0.2, -0.15) is 0 Å². The Morgan fingerprint density at radius 1 is 1.46 bits per heavy atom. The molecular weight excluding hydrogens is 190 g/mol. The number of amidine groups is 1. The van der Waals surface area contributed by atoms with Crippen molar-refractivity contribution in [2.24, 2.45) is 5.73 Å². The second-order valence-corrected chi connectivity index (χ2v) is 6.31. The smallest absolute Gasteiger partial charge is 0.216 e. The minimum absolute atomic E-state index is 0.0170. The van der Waals surface area contributed by atoms with Gasteiger partial charge in [0, 0.05) is 13.0 Å². The van der Waals surface area contributed by atoms with E-state index in [0.29, 0.717) is 0 Å². The Bertz CT molecular complexity index is 277. The van der Waals surface area contributed by atoms with Crippen molar-refractivity contribution in [3.8, 4) is 0 Å². The third-order valence-corrected chi connectivity index (χ3v) is 3.69. The summed E-state index contributed by atoms with van der Waals surface area (Å²) in [5, 5.41) is 6.90. The van der Waals surface area contributed by atoms with Crippen LogP contribution in [0.25, 0.3) is 0 Å². The lowest BCUT2D eigenvalue weighted by atomic mass is 10.3. The topological polar surface area (TPSA) is 96.0 Å². The van der Waals surface area contributed by atoms with Gasteiger partial charge in [0.15, 0.2) is 0 Å². The lowest BCUT2D eigenvalue weighted by Crippen LogP contribution is -2.40. The Hall–Kier alpha value is -0.620. The van der Waals surface area contributed by atoms with Crippen LogP contribution in [0.4, 0.5) is 0 Å². The minimum Gasteiger partial charge on any atom is -0.388 e. The van der Waals surface area contributed by atoms with E-state index < -0.39 is 14.8 Å². The first-order chi connectivity index (χ1) is 5.67. The Labute approximate surface area is 79.3 Å². The summed E-state index contributed by atoms with van der Waals surface area (Å²) in [7, 11) is -3.30. The van der Waals surface area contributed by atoms with Crippen LogP contribution in [-0.2, 0) is 10.0 Å². The van der Waals surface area contributed by atoms with Crippen molar-refractivity contribution in [2.75, 3.05) is 6.54 Å². The molecule has 0 aromatic carbocycles. The van der Waals surface area contributed by atoms with E-state index >= 15 is 0 Å². The second-order valence-electron chi connectivity index (χ2n) is 3.79. The van der Waals surface area contributed by atoms with Gasteiger partial charge in [0.2, 0.25) is 10.0 Å². The first-order valence-electron chi connectivity index (χ1n) is 3.99. The van der Waals surface area contributed by atoms with E-state index in [9.17, 15) is 8.42 Å². The van der Waals surface area contributed by atoms with Crippen molar-refractivity contribution in [1.82, 2.24) is 4.72 Å². The highest BCUT2D eigenvalue weighted by atomic mass is 32.2. The van der Waals surface area contributed by atoms with Crippen molar-refractivity contribution in [1.29, 1.82) is 5.41 Å². The zero-order valence-electron chi connectivity index (χ0n) is 8.22. The molecule has 78 valence electrons. The fraction of sp³-hybridized carbons (Fsp3) is 0.857. The summed E-state index contributed by atoms with van der Waals surface area (Å²) >= 11 is 0. The molecule has 0 heterocycles. The molecule has 0 unspecified atom stereocenters. The molecule has 0 aliphatic rings. The summed E-state index contributed by atoms with van der Waals surface area (Å²) in [5.41, 5.74) is 5.08. The van der Waals surface area contributed by atoms with Gasteiger partial charge >= 0.3 is 0 Å². The molecule has 0 atom stereocenters. The third-order valence-electron chi connectivity index (χ3n) is 1.49. The Morgan fingerprint density at radius 3 is 2.23 bits per heavy atom. The number of hydrogen-bond donors (Lipinski definition) is 3. The quantitative estimate of drug-likeness (QED) is 0.448. The van der Waals surface area contributed by atoms with E-state index in [1.54, 1.807) is 20.8 Å². The second kappa shape index (κ2) is 4.06. The predicted molar refractivity (Wildman–Crippen MR) is 53.2 cm³/mol. The largest absolute Gasteiger partial charge is 0.388 e. The first-order valence-corrected chi connectivity index (χ1v) is 5.47. The number of nitrogens with one attached hydrogen (secondary N) is 2. The molecule has 6 heteroatoms. The average Bonchev–Trinajstić information content (AvgIpc) is 1.82. The molecule has 0 aliphatic carbocycles. The van der Waals surface area contributed by atoms with Gasteiger partial charge < -0.3 is 5.73 Å². The number of sulfonamides is 1. The molecule has 0 aromatic rings. The van der Waals surface area contributed by atoms with Crippen LogP contribution in [0.5, 0.6) is 0 Å². The average molecular weight is 207 g/mol. The molecule has 5 nitrogen and oxygen atoms in total. The molecule has 0 fully saturated rings. The van der Waals surface area contributed by atoms with E-state index in [1.165, 1.54) is 0 Å². The number of nitrogens with two attached hydrogens (primary N) is 1. The predicted octanol–water partition coefficient (Wildman–Crippen LogP) is 0.0304. The van der Waals surface area contributed by atoms with Crippen LogP contribution in [0.1, 0.15) is 27.2 Å². The van der Waals surface area contributed by atoms with Gasteiger partial charge in [-0.05, 0) is 20.8 Å². The molecule has 0 aromatic heterocycles. The summed E-state index contributed by atoms with van der Waals surface area (Å²) < 4.78 is 24.4. The molecule has 0 saturated carbocycles. The zero-order chi connectivity index (χ0) is 10.7. The van der Waals surface area contributed by atoms with Crippen LogP contribution in [0.3, 0.4) is 0 Å². The highest BCUT2D eigenvalue weighted by Gasteiger charge is 2.27. The van der Waals surface area contributed by atoms with Gasteiger partial charge in [0.05, 0.1) is 10.6 Å². The summed E-state index contributed by atoms with van der Waals surface area (Å²) in [6, 6.07) is 0. The third kappa shape index (κ3) is 4.23. The maximum absolute atomic E-state index is 11.4. The van der Waals surface area contributed by atoms with Crippen molar-refractivity contribution in [3.05, 3.63) is 0 Å². The van der Waals surface area contributed by atoms with E-state index in [1.807, 2.05) is 0 Å². The minimum atomic E-state index is -3.30. The number of rotatable bonds is 4. The molecule has 0 radical (unpaired) electrons. The van der Waals surface area contributed by atoms with Gasteiger partial charge in [-0.1, -0.05) is 0 Å². The molecule has 13 heavy (non-hydrogen) atoms. The van der Waals surface area contributed by atoms with Gasteiger partial charge in [0.1, 0.15) is 0 Å². The summed E-state index contributed by atoms with van der Waals surface area (Å²) in [4.78, 5) is 0. The maximum Gasteiger partial charge on any atom is 0.216 e. The van der Waals surface area contributed by atoms with E-state index in [-0.39, 0.29) is 18.8 Å². The van der Waals surface area contributed by atoms with E-state index in [2.05, 4.69) is 4.72 Å². The standard InChI is InChI=1S/C7H17N3O2S/c1-7(2,3)13(11,12)10-5-4-6(8)9/h10H,4-5H2,1-3H3,(H3,8,9). The normalized spacial score (nSPS) is 12.8. The number of hydrogen-bond acceptors (Lipinski definition) is 3. The molecule has 0 rings (SSSR count). The van der Waals surface area contributed by atoms with Crippen molar-refractivity contribution in [2.45, 2.75) is 31.9 Å². The maximum atomic E-state index is 11.4. The highest BCUT2D eigenvalue weighted by Crippen LogP contribution is 2.12. The van der Waals surface area contributed by atoms with Gasteiger partial charge in [-0.25, -0.2) is 13.1 Å². The van der Waals surface area contributed by atoms with Crippen LogP contribution in [-0.4, -0.2) is 25.5 Å². The Balaban J connectivity index is 4.15. The van der Waals surface area contributed by atoms with E-state index in [0.717, 1.165) is 0 Å². The van der Waals surface area contributed by atoms with Crippen molar-refractivity contribution < 1.29 is 8.42 Å². The lowest BCUT2D eigenvalue weighted by Gasteiger charge is -2.19. The monoisotopic (exact) mass is 207 g/mol. The summed E-state index contributed by atoms with van der Waals surface area (Å²) in [5.74, 6) is -0.0170. The molecular formula is C7H17N3O2S. The highest BCUT2D eigenvalue weighted by molar-refractivity contribution is 7.90. The van der Waals surface area contributed by atoms with Crippen LogP contribution in [0.2, 0.25) is 0 Å². The summed E-state index contributed by atoms with van der Waals surface area (Å²) in [6.07, 6.45) is 0.245. The van der Waals surface area contributed by atoms with Gasteiger partial charge in [-0.15, -0.1) is 0 Å². The zero-order valence-corrected chi connectivity index (χ0v) is 9.03. The van der Waals surface area contributed by atoms with E-state index in [4.69, 9.17) is 11.1 Å². The van der Waals surface area contributed by atoms with Crippen LogP contribution in [0.15, 0.2) is 0 Å². The SMILES string of the molecule is CC(C)(C)S(=O)(=O)NCCC(=N)N. The Kier molecular flexibility index (Phi) is 3.87. The van der Waals surface area contributed by atoms with Crippen LogP contribution < -0.4 is 10.5 Å².